The van der Waals surface area contributed by atoms with E-state index >= 15 is 0 Å². The summed E-state index contributed by atoms with van der Waals surface area (Å²) in [4.78, 5) is 54.0. The average Bonchev–Trinajstić information content (AvgIpc) is 3.52. The molecule has 3 aromatic rings. The Morgan fingerprint density at radius 2 is 1.61 bits per heavy atom. The highest BCUT2D eigenvalue weighted by Gasteiger charge is 2.54. The van der Waals surface area contributed by atoms with Crippen molar-refractivity contribution in [2.45, 2.75) is 102 Å². The van der Waals surface area contributed by atoms with Crippen molar-refractivity contribution in [3.8, 4) is 0 Å². The third kappa shape index (κ3) is 8.32. The molecule has 46 heavy (non-hydrogen) atoms. The molecule has 0 saturated carbocycles. The lowest BCUT2D eigenvalue weighted by Crippen LogP contribution is -2.53. The highest BCUT2D eigenvalue weighted by Crippen LogP contribution is 2.31. The molecule has 248 valence electrons. The molecule has 0 radical (unpaired) electrons. The van der Waals surface area contributed by atoms with Gasteiger partial charge in [-0.1, -0.05) is 94.5 Å². The summed E-state index contributed by atoms with van der Waals surface area (Å²) in [6.45, 7) is 4.91. The van der Waals surface area contributed by atoms with Crippen LogP contribution >= 0.6 is 23.1 Å². The molecule has 1 fully saturated rings. The molecule has 0 spiro atoms. The summed E-state index contributed by atoms with van der Waals surface area (Å²) in [5.41, 5.74) is -1.67. The fourth-order valence-electron chi connectivity index (χ4n) is 5.34. The molecular weight excluding hydrogens is 650 g/mol. The van der Waals surface area contributed by atoms with Crippen LogP contribution < -0.4 is 5.32 Å². The van der Waals surface area contributed by atoms with E-state index < -0.39 is 45.2 Å². The monoisotopic (exact) mass is 689 g/mol. The molecule has 2 heterocycles. The number of carbonyl (C=O) groups is 4. The van der Waals surface area contributed by atoms with Crippen LogP contribution in [0.1, 0.15) is 95.5 Å². The van der Waals surface area contributed by atoms with Gasteiger partial charge in [0.25, 0.3) is 11.8 Å². The van der Waals surface area contributed by atoms with Crippen molar-refractivity contribution in [3.63, 3.8) is 0 Å². The van der Waals surface area contributed by atoms with Crippen molar-refractivity contribution < 1.29 is 32.3 Å². The Kier molecular flexibility index (Phi) is 12.0. The van der Waals surface area contributed by atoms with Crippen LogP contribution in [-0.2, 0) is 24.2 Å². The maximum Gasteiger partial charge on any atom is 0.418 e. The number of sulfone groups is 1. The Balaban J connectivity index is 1.45. The Morgan fingerprint density at radius 3 is 2.22 bits per heavy atom. The molecule has 0 aliphatic carbocycles. The Labute approximate surface area is 278 Å². The van der Waals surface area contributed by atoms with E-state index in [1.165, 1.54) is 64.2 Å². The van der Waals surface area contributed by atoms with Crippen LogP contribution in [0.4, 0.5) is 10.5 Å². The molecule has 1 aliphatic heterocycles. The van der Waals surface area contributed by atoms with Gasteiger partial charge in [-0.2, -0.15) is 4.37 Å². The number of benzene rings is 2. The summed E-state index contributed by atoms with van der Waals surface area (Å²) in [5.74, 6) is -2.82. The van der Waals surface area contributed by atoms with Crippen LogP contribution in [0, 0.1) is 0 Å². The molecule has 1 N–H and O–H groups in total. The van der Waals surface area contributed by atoms with Gasteiger partial charge in [0.15, 0.2) is 21.5 Å². The zero-order valence-corrected chi connectivity index (χ0v) is 28.7. The van der Waals surface area contributed by atoms with E-state index in [1.807, 2.05) is 0 Å². The van der Waals surface area contributed by atoms with E-state index in [4.69, 9.17) is 16.3 Å². The number of aromatic nitrogens is 1. The number of carbonyl (C=O) groups excluding carboxylic acids is 4. The summed E-state index contributed by atoms with van der Waals surface area (Å²) in [7, 11) is -3.63. The Morgan fingerprint density at radius 1 is 0.978 bits per heavy atom. The molecule has 3 amide bonds. The van der Waals surface area contributed by atoms with E-state index in [1.54, 1.807) is 24.3 Å². The fourth-order valence-corrected chi connectivity index (χ4v) is 7.81. The minimum absolute atomic E-state index is 0.00441. The van der Waals surface area contributed by atoms with Gasteiger partial charge in [-0.25, -0.2) is 18.1 Å². The number of rotatable bonds is 17. The van der Waals surface area contributed by atoms with Gasteiger partial charge in [0.1, 0.15) is 5.69 Å². The van der Waals surface area contributed by atoms with Crippen molar-refractivity contribution in [1.29, 1.82) is 0 Å². The number of fused-ring (bicyclic) bond motifs is 1. The summed E-state index contributed by atoms with van der Waals surface area (Å²) in [6, 6.07) is 8.81. The van der Waals surface area contributed by atoms with Gasteiger partial charge >= 0.3 is 6.09 Å². The number of imide groups is 1. The number of cyclic esters (lactones) is 1. The van der Waals surface area contributed by atoms with Gasteiger partial charge in [0.05, 0.1) is 26.1 Å². The predicted octanol–water partition coefficient (Wildman–Crippen LogP) is 7.59. The quantitative estimate of drug-likeness (QED) is 0.0869. The molecule has 1 aromatic heterocycles. The third-order valence-electron chi connectivity index (χ3n) is 7.96. The summed E-state index contributed by atoms with van der Waals surface area (Å²) in [6.07, 6.45) is 9.66. The molecule has 4 rings (SSSR count). The number of nitrogens with zero attached hydrogens (tertiary/aromatic N) is 2. The highest BCUT2D eigenvalue weighted by molar-refractivity contribution is 7.91. The van der Waals surface area contributed by atoms with Crippen LogP contribution in [-0.4, -0.2) is 58.8 Å². The van der Waals surface area contributed by atoms with Crippen molar-refractivity contribution >= 4 is 72.4 Å². The van der Waals surface area contributed by atoms with Crippen molar-refractivity contribution in [2.75, 3.05) is 11.1 Å². The first kappa shape index (κ1) is 35.5. The maximum absolute atomic E-state index is 13.8. The van der Waals surface area contributed by atoms with E-state index in [2.05, 4.69) is 16.6 Å². The number of unbranched alkanes of at least 4 members (excludes halogenated alkanes) is 9. The fraction of sp³-hybridized carbons (Fsp3) is 0.485. The predicted molar refractivity (Wildman–Crippen MR) is 179 cm³/mol. The van der Waals surface area contributed by atoms with E-state index in [9.17, 15) is 27.6 Å². The average molecular weight is 690 g/mol. The molecule has 2 aromatic carbocycles. The van der Waals surface area contributed by atoms with Crippen LogP contribution in [0.15, 0.2) is 47.4 Å². The van der Waals surface area contributed by atoms with Gasteiger partial charge in [-0.05, 0) is 56.1 Å². The van der Waals surface area contributed by atoms with E-state index in [0.29, 0.717) is 21.4 Å². The zero-order valence-electron chi connectivity index (χ0n) is 26.3. The number of amides is 3. The third-order valence-corrected chi connectivity index (χ3v) is 10.9. The lowest BCUT2D eigenvalue weighted by molar-refractivity contribution is -0.137. The van der Waals surface area contributed by atoms with Crippen LogP contribution in [0.2, 0.25) is 5.02 Å². The number of Topliss-reactive ketones (excluding diaryl/α,β-unsaturated/α-hetero) is 1. The Bertz CT molecular complexity index is 1700. The second-order valence-electron chi connectivity index (χ2n) is 12.0. The van der Waals surface area contributed by atoms with Gasteiger partial charge < -0.3 is 10.1 Å². The minimum atomic E-state index is -3.63. The molecule has 1 saturated heterocycles. The molecule has 10 nitrogen and oxygen atoms in total. The van der Waals surface area contributed by atoms with Crippen LogP contribution in [0.25, 0.3) is 10.1 Å². The molecule has 1 unspecified atom stereocenters. The number of ether oxygens (including phenoxy) is 1. The summed E-state index contributed by atoms with van der Waals surface area (Å²) >= 11 is 7.46. The van der Waals surface area contributed by atoms with E-state index in [-0.39, 0.29) is 27.1 Å². The lowest BCUT2D eigenvalue weighted by Gasteiger charge is -2.23. The number of nitrogens with one attached hydrogen (secondary N) is 1. The van der Waals surface area contributed by atoms with Crippen molar-refractivity contribution in [1.82, 2.24) is 9.27 Å². The summed E-state index contributed by atoms with van der Waals surface area (Å²) < 4.78 is 36.1. The van der Waals surface area contributed by atoms with Crippen LogP contribution in [0.3, 0.4) is 0 Å². The smallest absolute Gasteiger partial charge is 0.418 e. The van der Waals surface area contributed by atoms with Crippen molar-refractivity contribution in [2.24, 2.45) is 0 Å². The molecule has 0 bridgehead atoms. The second-order valence-corrected chi connectivity index (χ2v) is 15.3. The van der Waals surface area contributed by atoms with Gasteiger partial charge in [0, 0.05) is 5.39 Å². The topological polar surface area (TPSA) is 140 Å². The normalized spacial score (nSPS) is 15.3. The number of hydrogen-bond acceptors (Lipinski definition) is 9. The Hall–Kier alpha value is -3.35. The van der Waals surface area contributed by atoms with Crippen LogP contribution in [0.5, 0.6) is 0 Å². The molecule has 1 atom stereocenters. The molecule has 13 heteroatoms. The first-order chi connectivity index (χ1) is 21.9. The highest BCUT2D eigenvalue weighted by atomic mass is 35.5. The zero-order chi connectivity index (χ0) is 33.5. The van der Waals surface area contributed by atoms with Gasteiger partial charge in [-0.15, -0.1) is 0 Å². The first-order valence-electron chi connectivity index (χ1n) is 15.7. The van der Waals surface area contributed by atoms with Gasteiger partial charge in [0.2, 0.25) is 5.78 Å². The lowest BCUT2D eigenvalue weighted by atomic mass is 10.0. The number of anilines is 1. The largest absolute Gasteiger partial charge is 0.433 e. The van der Waals surface area contributed by atoms with E-state index in [0.717, 1.165) is 37.2 Å². The van der Waals surface area contributed by atoms with Gasteiger partial charge in [-0.3, -0.25) is 14.4 Å². The minimum Gasteiger partial charge on any atom is -0.433 e. The standard InChI is InChI=1S/C33H40ClN3O7S2/c1-4-5-6-7-8-9-10-11-12-15-20-46(42,43)22-18-19-25(24(34)21-22)35-30(39)28(37-31(40)33(2,3)44-32(37)41)29(38)27-23-16-13-14-17-26(23)45-36-27/h13-14,16-19,21,28H,4-12,15,20H2,1-3H3,(H,35,39). The molecular formula is C33H40ClN3O7S2. The summed E-state index contributed by atoms with van der Waals surface area (Å²) in [5, 5.41) is 2.88. The molecule has 1 aliphatic rings. The SMILES string of the molecule is CCCCCCCCCCCCS(=O)(=O)c1ccc(NC(=O)C(C(=O)c2nsc3ccccc23)N2C(=O)OC(C)(C)C2=O)c(Cl)c1. The number of halogens is 1. The second kappa shape index (κ2) is 15.5. The van der Waals surface area contributed by atoms with Crippen molar-refractivity contribution in [3.05, 3.63) is 53.2 Å². The number of ketones is 1. The number of hydrogen-bond donors (Lipinski definition) is 1. The maximum atomic E-state index is 13.8. The first-order valence-corrected chi connectivity index (χ1v) is 18.5.